The van der Waals surface area contributed by atoms with Gasteiger partial charge >= 0.3 is 0 Å². The number of hydrogen-bond acceptors (Lipinski definition) is 7. The summed E-state index contributed by atoms with van der Waals surface area (Å²) < 4.78 is 16.5. The van der Waals surface area contributed by atoms with Gasteiger partial charge in [-0.1, -0.05) is 6.07 Å². The summed E-state index contributed by atoms with van der Waals surface area (Å²) in [5.74, 6) is 1.01. The van der Waals surface area contributed by atoms with E-state index in [1.54, 1.807) is 37.4 Å². The lowest BCUT2D eigenvalue weighted by molar-refractivity contribution is -0.118. The first-order chi connectivity index (χ1) is 18.4. The summed E-state index contributed by atoms with van der Waals surface area (Å²) >= 11 is 0. The maximum Gasteiger partial charge on any atom is 0.262 e. The predicted octanol–water partition coefficient (Wildman–Crippen LogP) is 4.76. The van der Waals surface area contributed by atoms with Gasteiger partial charge in [0, 0.05) is 54.0 Å². The van der Waals surface area contributed by atoms with Gasteiger partial charge in [-0.25, -0.2) is 0 Å². The molecular weight excluding hydrogens is 484 g/mol. The van der Waals surface area contributed by atoms with Crippen molar-refractivity contribution in [2.24, 2.45) is 0 Å². The second-order valence-electron chi connectivity index (χ2n) is 9.74. The molecule has 0 aromatic heterocycles. The lowest BCUT2D eigenvalue weighted by atomic mass is 9.71. The number of ether oxygens (including phenoxy) is 3. The molecule has 0 fully saturated rings. The number of allylic oxidation sites excluding steroid dienone is 4. The Hall–Kier alpha value is -4.07. The van der Waals surface area contributed by atoms with Gasteiger partial charge in [0.2, 0.25) is 0 Å². The van der Waals surface area contributed by atoms with Crippen LogP contribution in [0.3, 0.4) is 0 Å². The summed E-state index contributed by atoms with van der Waals surface area (Å²) in [6.45, 7) is -0.211. The third-order valence-corrected chi connectivity index (χ3v) is 7.50. The zero-order valence-electron chi connectivity index (χ0n) is 22.0. The second-order valence-corrected chi connectivity index (χ2v) is 9.74. The summed E-state index contributed by atoms with van der Waals surface area (Å²) in [7, 11) is 5.09. The van der Waals surface area contributed by atoms with Crippen LogP contribution in [-0.4, -0.2) is 50.2 Å². The van der Waals surface area contributed by atoms with Crippen molar-refractivity contribution in [2.45, 2.75) is 44.4 Å². The molecule has 1 amide bonds. The number of nitrogens with zero attached hydrogens (tertiary/aromatic N) is 1. The molecule has 0 atom stereocenters. The number of carbonyl (C=O) groups excluding carboxylic acids is 3. The van der Waals surface area contributed by atoms with Gasteiger partial charge in [-0.05, 0) is 67.6 Å². The minimum absolute atomic E-state index is 0.0996. The summed E-state index contributed by atoms with van der Waals surface area (Å²) in [4.78, 5) is 41.0. The van der Waals surface area contributed by atoms with Gasteiger partial charge in [-0.15, -0.1) is 0 Å². The molecule has 2 aromatic rings. The van der Waals surface area contributed by atoms with Crippen LogP contribution in [0.5, 0.6) is 17.2 Å². The van der Waals surface area contributed by atoms with Gasteiger partial charge in [0.25, 0.3) is 5.91 Å². The average molecular weight is 517 g/mol. The molecule has 8 nitrogen and oxygen atoms in total. The van der Waals surface area contributed by atoms with E-state index in [0.29, 0.717) is 35.8 Å². The molecule has 1 N–H and O–H groups in total. The fraction of sp³-hybridized carbons (Fsp3) is 0.367. The van der Waals surface area contributed by atoms with Gasteiger partial charge < -0.3 is 24.4 Å². The van der Waals surface area contributed by atoms with Crippen LogP contribution in [0.15, 0.2) is 65.0 Å². The van der Waals surface area contributed by atoms with Crippen molar-refractivity contribution in [1.82, 2.24) is 4.90 Å². The SMILES string of the molecule is COc1ccc(NC(=O)COc2ccc(C3C4=C(CCCC4=O)N(C)C4=C3C(=O)CCC4)cc2OC)cc1. The number of benzene rings is 2. The zero-order valence-corrected chi connectivity index (χ0v) is 22.0. The van der Waals surface area contributed by atoms with Crippen LogP contribution < -0.4 is 19.5 Å². The van der Waals surface area contributed by atoms with Crippen molar-refractivity contribution >= 4 is 23.2 Å². The first-order valence-electron chi connectivity index (χ1n) is 12.9. The number of anilines is 1. The van der Waals surface area contributed by atoms with Crippen LogP contribution in [-0.2, 0) is 14.4 Å². The van der Waals surface area contributed by atoms with Gasteiger partial charge in [-0.3, -0.25) is 14.4 Å². The molecule has 2 aliphatic carbocycles. The van der Waals surface area contributed by atoms with E-state index in [1.165, 1.54) is 7.11 Å². The zero-order chi connectivity index (χ0) is 26.8. The van der Waals surface area contributed by atoms with Crippen LogP contribution in [0.2, 0.25) is 0 Å². The molecule has 198 valence electrons. The van der Waals surface area contributed by atoms with E-state index in [0.717, 1.165) is 53.8 Å². The minimum atomic E-state index is -0.418. The molecule has 0 saturated heterocycles. The fourth-order valence-corrected chi connectivity index (χ4v) is 5.68. The van der Waals surface area contributed by atoms with Gasteiger partial charge in [-0.2, -0.15) is 0 Å². The molecule has 2 aromatic carbocycles. The standard InChI is InChI=1S/C30H32N2O6/c1-32-21-6-4-8-23(33)29(21)28(30-22(32)7-5-9-24(30)34)18-10-15-25(26(16-18)37-3)38-17-27(35)31-19-11-13-20(36-2)14-12-19/h10-16,28H,4-9,17H2,1-3H3,(H,31,35). The molecule has 38 heavy (non-hydrogen) atoms. The van der Waals surface area contributed by atoms with Crippen molar-refractivity contribution in [3.63, 3.8) is 0 Å². The van der Waals surface area contributed by atoms with Crippen molar-refractivity contribution < 1.29 is 28.6 Å². The maximum absolute atomic E-state index is 13.2. The van der Waals surface area contributed by atoms with E-state index < -0.39 is 5.92 Å². The molecule has 0 radical (unpaired) electrons. The number of nitrogens with one attached hydrogen (secondary N) is 1. The lowest BCUT2D eigenvalue weighted by Gasteiger charge is -2.42. The molecule has 8 heteroatoms. The van der Waals surface area contributed by atoms with E-state index >= 15 is 0 Å². The Morgan fingerprint density at radius 3 is 2.08 bits per heavy atom. The van der Waals surface area contributed by atoms with Crippen molar-refractivity contribution in [2.75, 3.05) is 33.2 Å². The van der Waals surface area contributed by atoms with Crippen LogP contribution in [0, 0.1) is 0 Å². The number of methoxy groups -OCH3 is 2. The third kappa shape index (κ3) is 4.78. The summed E-state index contributed by atoms with van der Waals surface area (Å²) in [6.07, 6.45) is 4.25. The van der Waals surface area contributed by atoms with Gasteiger partial charge in [0.1, 0.15) is 5.75 Å². The first-order valence-corrected chi connectivity index (χ1v) is 12.9. The highest BCUT2D eigenvalue weighted by molar-refractivity contribution is 6.06. The number of ketones is 2. The van der Waals surface area contributed by atoms with E-state index in [-0.39, 0.29) is 24.1 Å². The monoisotopic (exact) mass is 516 g/mol. The number of amides is 1. The average Bonchev–Trinajstić information content (AvgIpc) is 2.93. The Kier molecular flexibility index (Phi) is 7.22. The Morgan fingerprint density at radius 1 is 0.868 bits per heavy atom. The lowest BCUT2D eigenvalue weighted by Crippen LogP contribution is -2.37. The molecule has 1 aliphatic heterocycles. The van der Waals surface area contributed by atoms with Crippen LogP contribution in [0.4, 0.5) is 5.69 Å². The quantitative estimate of drug-likeness (QED) is 0.567. The Morgan fingerprint density at radius 2 is 1.50 bits per heavy atom. The molecule has 3 aliphatic rings. The largest absolute Gasteiger partial charge is 0.497 e. The van der Waals surface area contributed by atoms with Crippen LogP contribution >= 0.6 is 0 Å². The number of Topliss-reactive ketones (excluding diaryl/α,β-unsaturated/α-hetero) is 2. The minimum Gasteiger partial charge on any atom is -0.497 e. The number of hydrogen-bond donors (Lipinski definition) is 1. The van der Waals surface area contributed by atoms with E-state index in [4.69, 9.17) is 14.2 Å². The number of rotatable bonds is 7. The van der Waals surface area contributed by atoms with E-state index in [9.17, 15) is 14.4 Å². The molecule has 0 saturated carbocycles. The fourth-order valence-electron chi connectivity index (χ4n) is 5.68. The number of carbonyl (C=O) groups is 3. The predicted molar refractivity (Wildman–Crippen MR) is 142 cm³/mol. The van der Waals surface area contributed by atoms with Crippen molar-refractivity contribution in [3.05, 3.63) is 70.6 Å². The molecule has 0 spiro atoms. The van der Waals surface area contributed by atoms with Gasteiger partial charge in [0.05, 0.1) is 14.2 Å². The normalized spacial score (nSPS) is 17.7. The molecule has 5 rings (SSSR count). The molecule has 1 heterocycles. The second kappa shape index (κ2) is 10.7. The highest BCUT2D eigenvalue weighted by Crippen LogP contribution is 2.49. The van der Waals surface area contributed by atoms with Crippen LogP contribution in [0.25, 0.3) is 0 Å². The highest BCUT2D eigenvalue weighted by atomic mass is 16.5. The van der Waals surface area contributed by atoms with Crippen molar-refractivity contribution in [3.8, 4) is 17.2 Å². The van der Waals surface area contributed by atoms with E-state index in [2.05, 4.69) is 10.2 Å². The smallest absolute Gasteiger partial charge is 0.262 e. The third-order valence-electron chi connectivity index (χ3n) is 7.50. The summed E-state index contributed by atoms with van der Waals surface area (Å²) in [5, 5.41) is 2.79. The Bertz CT molecular complexity index is 1300. The van der Waals surface area contributed by atoms with Crippen molar-refractivity contribution in [1.29, 1.82) is 0 Å². The molecule has 0 unspecified atom stereocenters. The topological polar surface area (TPSA) is 94.2 Å². The Balaban J connectivity index is 1.40. The van der Waals surface area contributed by atoms with Crippen LogP contribution in [0.1, 0.15) is 50.0 Å². The highest BCUT2D eigenvalue weighted by Gasteiger charge is 2.42. The summed E-state index contributed by atoms with van der Waals surface area (Å²) in [6, 6.07) is 12.5. The maximum atomic E-state index is 13.2. The molecule has 0 bridgehead atoms. The van der Waals surface area contributed by atoms with E-state index in [1.807, 2.05) is 19.2 Å². The Labute approximate surface area is 222 Å². The summed E-state index contributed by atoms with van der Waals surface area (Å²) in [5.41, 5.74) is 4.94. The molecular formula is C30H32N2O6. The van der Waals surface area contributed by atoms with Gasteiger partial charge in [0.15, 0.2) is 29.7 Å². The first kappa shape index (κ1) is 25.6.